The van der Waals surface area contributed by atoms with Crippen molar-refractivity contribution in [3.63, 3.8) is 0 Å². The van der Waals surface area contributed by atoms with Gasteiger partial charge >= 0.3 is 0 Å². The second-order valence-corrected chi connectivity index (χ2v) is 4.43. The van der Waals surface area contributed by atoms with Crippen molar-refractivity contribution in [1.82, 2.24) is 19.9 Å². The van der Waals surface area contributed by atoms with E-state index in [0.29, 0.717) is 17.9 Å². The van der Waals surface area contributed by atoms with Crippen molar-refractivity contribution in [1.29, 1.82) is 0 Å². The highest BCUT2D eigenvalue weighted by atomic mass is 16.2. The van der Waals surface area contributed by atoms with E-state index in [2.05, 4.69) is 10.3 Å². The van der Waals surface area contributed by atoms with Crippen molar-refractivity contribution >= 4 is 12.2 Å². The first-order valence-electron chi connectivity index (χ1n) is 5.80. The summed E-state index contributed by atoms with van der Waals surface area (Å²) in [7, 11) is 0. The van der Waals surface area contributed by atoms with E-state index in [1.165, 1.54) is 0 Å². The van der Waals surface area contributed by atoms with E-state index < -0.39 is 0 Å². The van der Waals surface area contributed by atoms with Gasteiger partial charge in [0.25, 0.3) is 0 Å². The van der Waals surface area contributed by atoms with Gasteiger partial charge in [-0.05, 0) is 18.8 Å². The predicted molar refractivity (Wildman–Crippen MR) is 60.4 cm³/mol. The highest BCUT2D eigenvalue weighted by Gasteiger charge is 2.21. The van der Waals surface area contributed by atoms with Crippen molar-refractivity contribution in [3.05, 3.63) is 11.9 Å². The fourth-order valence-corrected chi connectivity index (χ4v) is 2.15. The topological polar surface area (TPSA) is 68.1 Å². The molecule has 0 unspecified atom stereocenters. The number of piperidine rings is 1. The van der Waals surface area contributed by atoms with Gasteiger partial charge in [-0.1, -0.05) is 5.21 Å². The summed E-state index contributed by atoms with van der Waals surface area (Å²) in [5.74, 6) is 0.652. The Morgan fingerprint density at radius 1 is 1.53 bits per heavy atom. The second-order valence-electron chi connectivity index (χ2n) is 4.43. The van der Waals surface area contributed by atoms with Gasteiger partial charge in [0.05, 0.1) is 6.20 Å². The molecule has 1 fully saturated rings. The molecule has 1 aromatic rings. The van der Waals surface area contributed by atoms with Gasteiger partial charge in [0.15, 0.2) is 6.29 Å². The maximum absolute atomic E-state index is 11.2. The first kappa shape index (κ1) is 11.8. The Morgan fingerprint density at radius 3 is 2.76 bits per heavy atom. The van der Waals surface area contributed by atoms with Crippen LogP contribution in [0.2, 0.25) is 0 Å². The summed E-state index contributed by atoms with van der Waals surface area (Å²) in [6.45, 7) is 4.01. The number of likely N-dealkylation sites (tertiary alicyclic amines) is 1. The van der Waals surface area contributed by atoms with Gasteiger partial charge in [-0.25, -0.2) is 0 Å². The number of carbonyl (C=O) groups is 2. The quantitative estimate of drug-likeness (QED) is 0.710. The third-order valence-electron chi connectivity index (χ3n) is 3.18. The molecule has 17 heavy (non-hydrogen) atoms. The minimum atomic E-state index is 0.146. The van der Waals surface area contributed by atoms with E-state index in [0.717, 1.165) is 32.5 Å². The van der Waals surface area contributed by atoms with Crippen LogP contribution in [0.15, 0.2) is 6.20 Å². The molecule has 0 radical (unpaired) electrons. The Balaban J connectivity index is 1.85. The Hall–Kier alpha value is -1.72. The lowest BCUT2D eigenvalue weighted by Crippen LogP contribution is -2.38. The van der Waals surface area contributed by atoms with Crippen LogP contribution < -0.4 is 0 Å². The number of hydrogen-bond donors (Lipinski definition) is 0. The van der Waals surface area contributed by atoms with E-state index in [-0.39, 0.29) is 5.91 Å². The van der Waals surface area contributed by atoms with Gasteiger partial charge in [-0.2, -0.15) is 0 Å². The molecule has 2 rings (SSSR count). The molecule has 0 bridgehead atoms. The molecule has 6 nitrogen and oxygen atoms in total. The monoisotopic (exact) mass is 236 g/mol. The number of aldehydes is 1. The summed E-state index contributed by atoms with van der Waals surface area (Å²) in [6.07, 6.45) is 4.32. The maximum atomic E-state index is 11.2. The molecule has 2 heterocycles. The third-order valence-corrected chi connectivity index (χ3v) is 3.18. The van der Waals surface area contributed by atoms with Gasteiger partial charge < -0.3 is 4.90 Å². The van der Waals surface area contributed by atoms with Crippen molar-refractivity contribution in [3.8, 4) is 0 Å². The van der Waals surface area contributed by atoms with Crippen molar-refractivity contribution < 1.29 is 9.59 Å². The van der Waals surface area contributed by atoms with Gasteiger partial charge in [0.2, 0.25) is 5.91 Å². The molecule has 1 aliphatic rings. The lowest BCUT2D eigenvalue weighted by molar-refractivity contribution is -0.130. The Morgan fingerprint density at radius 2 is 2.24 bits per heavy atom. The number of hydrogen-bond acceptors (Lipinski definition) is 4. The first-order valence-corrected chi connectivity index (χ1v) is 5.80. The molecule has 0 aliphatic carbocycles. The van der Waals surface area contributed by atoms with Crippen LogP contribution in [0.5, 0.6) is 0 Å². The SMILES string of the molecule is CC(=O)N1CCC(Cn2cc(C=O)nn2)CC1. The molecule has 1 aliphatic heterocycles. The molecule has 1 aromatic heterocycles. The summed E-state index contributed by atoms with van der Waals surface area (Å²) in [5, 5.41) is 7.61. The summed E-state index contributed by atoms with van der Waals surface area (Å²) in [6, 6.07) is 0. The molecule has 0 aromatic carbocycles. The molecule has 0 atom stereocenters. The zero-order valence-corrected chi connectivity index (χ0v) is 9.87. The van der Waals surface area contributed by atoms with Crippen LogP contribution in [0.25, 0.3) is 0 Å². The van der Waals surface area contributed by atoms with Crippen LogP contribution in [0, 0.1) is 5.92 Å². The van der Waals surface area contributed by atoms with E-state index >= 15 is 0 Å². The van der Waals surface area contributed by atoms with Crippen LogP contribution in [0.3, 0.4) is 0 Å². The van der Waals surface area contributed by atoms with Crippen molar-refractivity contribution in [2.24, 2.45) is 5.92 Å². The van der Waals surface area contributed by atoms with Crippen LogP contribution in [0.4, 0.5) is 0 Å². The first-order chi connectivity index (χ1) is 8.19. The van der Waals surface area contributed by atoms with E-state index in [1.807, 2.05) is 4.90 Å². The Bertz CT molecular complexity index is 407. The molecule has 0 N–H and O–H groups in total. The summed E-state index contributed by atoms with van der Waals surface area (Å²) in [5.41, 5.74) is 0.367. The Labute approximate surface area is 99.6 Å². The van der Waals surface area contributed by atoms with Gasteiger partial charge in [0, 0.05) is 26.6 Å². The molecule has 6 heteroatoms. The summed E-state index contributed by atoms with van der Waals surface area (Å²) in [4.78, 5) is 23.5. The van der Waals surface area contributed by atoms with E-state index in [4.69, 9.17) is 0 Å². The third kappa shape index (κ3) is 2.89. The minimum absolute atomic E-state index is 0.146. The smallest absolute Gasteiger partial charge is 0.219 e. The number of carbonyl (C=O) groups excluding carboxylic acids is 2. The standard InChI is InChI=1S/C11H16N4O2/c1-9(17)14-4-2-10(3-5-14)6-15-7-11(8-16)12-13-15/h7-8,10H,2-6H2,1H3. The van der Waals surface area contributed by atoms with Crippen LogP contribution in [-0.4, -0.2) is 45.2 Å². The minimum Gasteiger partial charge on any atom is -0.343 e. The van der Waals surface area contributed by atoms with Crippen LogP contribution in [-0.2, 0) is 11.3 Å². The lowest BCUT2D eigenvalue weighted by atomic mass is 9.97. The van der Waals surface area contributed by atoms with Crippen LogP contribution in [0.1, 0.15) is 30.3 Å². The Kier molecular flexibility index (Phi) is 3.51. The van der Waals surface area contributed by atoms with E-state index in [1.54, 1.807) is 17.8 Å². The molecular weight excluding hydrogens is 220 g/mol. The normalized spacial score (nSPS) is 17.1. The molecule has 92 valence electrons. The zero-order chi connectivity index (χ0) is 12.3. The molecule has 0 saturated carbocycles. The van der Waals surface area contributed by atoms with Crippen molar-refractivity contribution in [2.75, 3.05) is 13.1 Å². The molecule has 0 spiro atoms. The van der Waals surface area contributed by atoms with E-state index in [9.17, 15) is 9.59 Å². The number of amides is 1. The fourth-order valence-electron chi connectivity index (χ4n) is 2.15. The average molecular weight is 236 g/mol. The highest BCUT2D eigenvalue weighted by Crippen LogP contribution is 2.18. The average Bonchev–Trinajstić information content (AvgIpc) is 2.77. The summed E-state index contributed by atoms with van der Waals surface area (Å²) >= 11 is 0. The largest absolute Gasteiger partial charge is 0.343 e. The number of rotatable bonds is 3. The van der Waals surface area contributed by atoms with Crippen LogP contribution >= 0.6 is 0 Å². The molecule has 1 amide bonds. The van der Waals surface area contributed by atoms with Crippen molar-refractivity contribution in [2.45, 2.75) is 26.3 Å². The molecular formula is C11H16N4O2. The lowest BCUT2D eigenvalue weighted by Gasteiger charge is -2.31. The molecule has 1 saturated heterocycles. The van der Waals surface area contributed by atoms with Gasteiger partial charge in [-0.3, -0.25) is 14.3 Å². The number of aromatic nitrogens is 3. The fraction of sp³-hybridized carbons (Fsp3) is 0.636. The summed E-state index contributed by atoms with van der Waals surface area (Å²) < 4.78 is 1.71. The van der Waals surface area contributed by atoms with Gasteiger partial charge in [-0.15, -0.1) is 5.10 Å². The second kappa shape index (κ2) is 5.07. The zero-order valence-electron chi connectivity index (χ0n) is 9.87. The van der Waals surface area contributed by atoms with Gasteiger partial charge in [0.1, 0.15) is 5.69 Å². The predicted octanol–water partition coefficient (Wildman–Crippen LogP) is 0.349. The maximum Gasteiger partial charge on any atom is 0.219 e. The number of nitrogens with zero attached hydrogens (tertiary/aromatic N) is 4. The highest BCUT2D eigenvalue weighted by molar-refractivity contribution is 5.73.